The lowest BCUT2D eigenvalue weighted by Gasteiger charge is -2.07. The van der Waals surface area contributed by atoms with Crippen LogP contribution in [0.3, 0.4) is 0 Å². The number of carbonyl (C=O) groups excluding carboxylic acids is 1. The highest BCUT2D eigenvalue weighted by Gasteiger charge is 2.07. The molecule has 0 saturated heterocycles. The smallest absolute Gasteiger partial charge is 0.247 e. The van der Waals surface area contributed by atoms with Crippen LogP contribution >= 0.6 is 0 Å². The van der Waals surface area contributed by atoms with Gasteiger partial charge in [-0.1, -0.05) is 36.3 Å². The third kappa shape index (κ3) is 2.99. The normalized spacial score (nSPS) is 11.3. The van der Waals surface area contributed by atoms with E-state index < -0.39 is 0 Å². The number of terminal acetylenes is 1. The summed E-state index contributed by atoms with van der Waals surface area (Å²) < 4.78 is 0. The van der Waals surface area contributed by atoms with E-state index in [-0.39, 0.29) is 12.5 Å². The summed E-state index contributed by atoms with van der Waals surface area (Å²) in [6.07, 6.45) is 5.08. The Kier molecular flexibility index (Phi) is 4.35. The fraction of sp³-hybridized carbons (Fsp3) is 0.214. The Labute approximate surface area is 96.4 Å². The van der Waals surface area contributed by atoms with Crippen molar-refractivity contribution in [3.63, 3.8) is 0 Å². The van der Waals surface area contributed by atoms with Crippen molar-refractivity contribution in [3.8, 4) is 12.3 Å². The molecule has 0 radical (unpaired) electrons. The highest BCUT2D eigenvalue weighted by molar-refractivity contribution is 6.00. The monoisotopic (exact) mass is 213 g/mol. The average molecular weight is 213 g/mol. The van der Waals surface area contributed by atoms with Crippen molar-refractivity contribution in [2.24, 2.45) is 0 Å². The molecule has 0 bridgehead atoms. The highest BCUT2D eigenvalue weighted by atomic mass is 16.1. The zero-order chi connectivity index (χ0) is 12.0. The van der Waals surface area contributed by atoms with Crippen LogP contribution in [0.4, 0.5) is 0 Å². The topological polar surface area (TPSA) is 29.1 Å². The van der Waals surface area contributed by atoms with E-state index in [1.54, 1.807) is 6.92 Å². The summed E-state index contributed by atoms with van der Waals surface area (Å²) in [5.74, 6) is 2.27. The summed E-state index contributed by atoms with van der Waals surface area (Å²) in [5.41, 5.74) is 2.72. The van der Waals surface area contributed by atoms with Gasteiger partial charge < -0.3 is 5.32 Å². The fourth-order valence-electron chi connectivity index (χ4n) is 1.34. The molecule has 2 heteroatoms. The van der Waals surface area contributed by atoms with E-state index >= 15 is 0 Å². The van der Waals surface area contributed by atoms with Gasteiger partial charge >= 0.3 is 0 Å². The fourth-order valence-corrected chi connectivity index (χ4v) is 1.34. The first kappa shape index (κ1) is 12.1. The number of carbonyl (C=O) groups is 1. The van der Waals surface area contributed by atoms with Gasteiger partial charge in [0.1, 0.15) is 0 Å². The minimum atomic E-state index is -0.112. The van der Waals surface area contributed by atoms with Crippen molar-refractivity contribution in [1.82, 2.24) is 5.32 Å². The molecule has 0 aromatic heterocycles. The zero-order valence-electron chi connectivity index (χ0n) is 9.58. The second kappa shape index (κ2) is 5.77. The van der Waals surface area contributed by atoms with Gasteiger partial charge in [-0.25, -0.2) is 0 Å². The van der Waals surface area contributed by atoms with Gasteiger partial charge in [0.25, 0.3) is 0 Å². The van der Waals surface area contributed by atoms with Gasteiger partial charge in [-0.15, -0.1) is 6.42 Å². The average Bonchev–Trinajstić information content (AvgIpc) is 2.35. The molecule has 1 N–H and O–H groups in total. The molecule has 1 aromatic rings. The van der Waals surface area contributed by atoms with E-state index in [0.29, 0.717) is 5.57 Å². The maximum absolute atomic E-state index is 11.7. The van der Waals surface area contributed by atoms with Crippen LogP contribution in [0.5, 0.6) is 0 Å². The second-order valence-electron chi connectivity index (χ2n) is 3.50. The lowest BCUT2D eigenvalue weighted by molar-refractivity contribution is -0.117. The van der Waals surface area contributed by atoms with Gasteiger partial charge in [0.2, 0.25) is 5.91 Å². The zero-order valence-corrected chi connectivity index (χ0v) is 9.58. The lowest BCUT2D eigenvalue weighted by Crippen LogP contribution is -2.24. The molecule has 0 aliphatic rings. The lowest BCUT2D eigenvalue weighted by atomic mass is 10.0. The van der Waals surface area contributed by atoms with Crippen LogP contribution in [0.2, 0.25) is 0 Å². The maximum atomic E-state index is 11.7. The van der Waals surface area contributed by atoms with E-state index in [2.05, 4.69) is 11.2 Å². The number of nitrogens with one attached hydrogen (secondary N) is 1. The molecular weight excluding hydrogens is 198 g/mol. The summed E-state index contributed by atoms with van der Waals surface area (Å²) in [4.78, 5) is 11.7. The second-order valence-corrected chi connectivity index (χ2v) is 3.50. The predicted octanol–water partition coefficient (Wildman–Crippen LogP) is 2.23. The molecule has 1 aromatic carbocycles. The molecule has 0 fully saturated rings. The summed E-state index contributed by atoms with van der Waals surface area (Å²) in [5, 5.41) is 2.65. The number of allylic oxidation sites excluding steroid dienone is 1. The predicted molar refractivity (Wildman–Crippen MR) is 66.6 cm³/mol. The molecule has 0 aliphatic carbocycles. The Balaban J connectivity index is 2.89. The molecule has 0 saturated carbocycles. The molecule has 2 nitrogen and oxygen atoms in total. The Bertz CT molecular complexity index is 438. The quantitative estimate of drug-likeness (QED) is 0.605. The number of hydrogen-bond donors (Lipinski definition) is 1. The SMILES string of the molecule is C#CCNC(=O)/C(C)=C(\C)c1ccccc1. The summed E-state index contributed by atoms with van der Waals surface area (Å²) in [6.45, 7) is 3.99. The third-order valence-electron chi connectivity index (χ3n) is 2.46. The first-order valence-corrected chi connectivity index (χ1v) is 5.11. The van der Waals surface area contributed by atoms with Crippen LogP contribution in [-0.4, -0.2) is 12.5 Å². The standard InChI is InChI=1S/C14H15NO/c1-4-10-15-14(16)12(3)11(2)13-8-6-5-7-9-13/h1,5-9H,10H2,2-3H3,(H,15,16)/b12-11+. The minimum absolute atomic E-state index is 0.112. The van der Waals surface area contributed by atoms with Crippen LogP contribution < -0.4 is 5.32 Å². The van der Waals surface area contributed by atoms with Gasteiger partial charge in [-0.2, -0.15) is 0 Å². The Hall–Kier alpha value is -2.01. The van der Waals surface area contributed by atoms with Gasteiger partial charge in [0, 0.05) is 5.57 Å². The molecule has 1 rings (SSSR count). The Morgan fingerprint density at radius 3 is 2.50 bits per heavy atom. The molecule has 0 atom stereocenters. The first-order chi connectivity index (χ1) is 7.66. The van der Waals surface area contributed by atoms with Crippen LogP contribution in [-0.2, 0) is 4.79 Å². The van der Waals surface area contributed by atoms with E-state index in [4.69, 9.17) is 6.42 Å². The van der Waals surface area contributed by atoms with Crippen molar-refractivity contribution in [1.29, 1.82) is 0 Å². The van der Waals surface area contributed by atoms with Crippen molar-refractivity contribution < 1.29 is 4.79 Å². The summed E-state index contributed by atoms with van der Waals surface area (Å²) in [7, 11) is 0. The number of hydrogen-bond acceptors (Lipinski definition) is 1. The van der Waals surface area contributed by atoms with E-state index in [1.165, 1.54) is 0 Å². The Morgan fingerprint density at radius 2 is 1.94 bits per heavy atom. The largest absolute Gasteiger partial charge is 0.341 e. The molecule has 0 spiro atoms. The van der Waals surface area contributed by atoms with E-state index in [0.717, 1.165) is 11.1 Å². The van der Waals surface area contributed by atoms with Gasteiger partial charge in [0.05, 0.1) is 6.54 Å². The van der Waals surface area contributed by atoms with Gasteiger partial charge in [0.15, 0.2) is 0 Å². The van der Waals surface area contributed by atoms with Gasteiger partial charge in [-0.05, 0) is 25.0 Å². The minimum Gasteiger partial charge on any atom is -0.341 e. The Morgan fingerprint density at radius 1 is 1.31 bits per heavy atom. The van der Waals surface area contributed by atoms with Crippen molar-refractivity contribution in [2.75, 3.05) is 6.54 Å². The maximum Gasteiger partial charge on any atom is 0.247 e. The number of benzene rings is 1. The molecule has 0 unspecified atom stereocenters. The van der Waals surface area contributed by atoms with Crippen LogP contribution in [0.25, 0.3) is 5.57 Å². The number of amides is 1. The molecule has 0 heterocycles. The van der Waals surface area contributed by atoms with E-state index in [1.807, 2.05) is 37.3 Å². The summed E-state index contributed by atoms with van der Waals surface area (Å²) in [6, 6.07) is 9.81. The highest BCUT2D eigenvalue weighted by Crippen LogP contribution is 2.17. The third-order valence-corrected chi connectivity index (χ3v) is 2.46. The molecule has 0 aliphatic heterocycles. The summed E-state index contributed by atoms with van der Waals surface area (Å²) >= 11 is 0. The van der Waals surface area contributed by atoms with Crippen LogP contribution in [0.1, 0.15) is 19.4 Å². The van der Waals surface area contributed by atoms with Gasteiger partial charge in [-0.3, -0.25) is 4.79 Å². The van der Waals surface area contributed by atoms with E-state index in [9.17, 15) is 4.79 Å². The van der Waals surface area contributed by atoms with Crippen LogP contribution in [0, 0.1) is 12.3 Å². The molecular formula is C14H15NO. The van der Waals surface area contributed by atoms with Crippen LogP contribution in [0.15, 0.2) is 35.9 Å². The molecule has 1 amide bonds. The van der Waals surface area contributed by atoms with Crippen molar-refractivity contribution >= 4 is 11.5 Å². The van der Waals surface area contributed by atoms with Crippen molar-refractivity contribution in [2.45, 2.75) is 13.8 Å². The van der Waals surface area contributed by atoms with Crippen molar-refractivity contribution in [3.05, 3.63) is 41.5 Å². The first-order valence-electron chi connectivity index (χ1n) is 5.11. The molecule has 82 valence electrons. The molecule has 16 heavy (non-hydrogen) atoms. The number of rotatable bonds is 3.